The monoisotopic (exact) mass is 419 g/mol. The molecule has 158 valence electrons. The molecule has 1 fully saturated rings. The predicted octanol–water partition coefficient (Wildman–Crippen LogP) is 2.57. The van der Waals surface area contributed by atoms with Gasteiger partial charge in [-0.3, -0.25) is 19.5 Å². The van der Waals surface area contributed by atoms with Crippen LogP contribution in [-0.4, -0.2) is 64.3 Å². The topological polar surface area (TPSA) is 78.4 Å². The number of para-hydroxylation sites is 2. The van der Waals surface area contributed by atoms with Crippen LogP contribution in [-0.2, 0) is 9.59 Å². The predicted molar refractivity (Wildman–Crippen MR) is 117 cm³/mol. The van der Waals surface area contributed by atoms with Gasteiger partial charge in [-0.05, 0) is 36.4 Å². The maximum atomic E-state index is 13.2. The third kappa shape index (κ3) is 5.49. The van der Waals surface area contributed by atoms with E-state index in [4.69, 9.17) is 0 Å². The van der Waals surface area contributed by atoms with Crippen LogP contribution in [0.2, 0.25) is 0 Å². The van der Waals surface area contributed by atoms with Gasteiger partial charge in [-0.15, -0.1) is 0 Å². The van der Waals surface area contributed by atoms with Crippen LogP contribution in [0.25, 0.3) is 17.1 Å². The van der Waals surface area contributed by atoms with E-state index in [1.165, 1.54) is 18.2 Å². The van der Waals surface area contributed by atoms with Gasteiger partial charge in [-0.2, -0.15) is 0 Å². The highest BCUT2D eigenvalue weighted by Gasteiger charge is 2.21. The van der Waals surface area contributed by atoms with Crippen molar-refractivity contribution in [1.29, 1.82) is 0 Å². The lowest BCUT2D eigenvalue weighted by Gasteiger charge is -2.33. The van der Waals surface area contributed by atoms with Gasteiger partial charge in [-0.1, -0.05) is 18.2 Å². The number of carbonyl (C=O) groups is 2. The van der Waals surface area contributed by atoms with E-state index in [0.717, 1.165) is 11.0 Å². The normalized spacial score (nSPS) is 14.8. The fraction of sp³-hybridized carbons (Fsp3) is 0.217. The molecular formula is C23H22FN5O2. The number of piperazine rings is 1. The van der Waals surface area contributed by atoms with Crippen molar-refractivity contribution in [2.45, 2.75) is 0 Å². The van der Waals surface area contributed by atoms with Gasteiger partial charge in [0.1, 0.15) is 5.82 Å². The number of carbonyl (C=O) groups excluding carboxylic acids is 2. The van der Waals surface area contributed by atoms with E-state index in [-0.39, 0.29) is 18.4 Å². The summed E-state index contributed by atoms with van der Waals surface area (Å²) >= 11 is 0. The molecule has 0 spiro atoms. The van der Waals surface area contributed by atoms with E-state index >= 15 is 0 Å². The number of aromatic nitrogens is 2. The highest BCUT2D eigenvalue weighted by atomic mass is 19.1. The molecule has 4 rings (SSSR count). The quantitative estimate of drug-likeness (QED) is 0.643. The molecule has 0 saturated carbocycles. The molecule has 0 radical (unpaired) electrons. The van der Waals surface area contributed by atoms with Gasteiger partial charge in [0.05, 0.1) is 29.5 Å². The van der Waals surface area contributed by atoms with E-state index in [0.29, 0.717) is 37.6 Å². The van der Waals surface area contributed by atoms with Crippen molar-refractivity contribution in [3.8, 4) is 0 Å². The Kier molecular flexibility index (Phi) is 6.28. The molecule has 1 saturated heterocycles. The number of fused-ring (bicyclic) bond motifs is 1. The summed E-state index contributed by atoms with van der Waals surface area (Å²) in [5.74, 6) is -0.702. The molecule has 0 bridgehead atoms. The molecule has 2 aromatic carbocycles. The van der Waals surface area contributed by atoms with Crippen LogP contribution in [0.15, 0.2) is 60.8 Å². The number of nitrogens with zero attached hydrogens (tertiary/aromatic N) is 4. The van der Waals surface area contributed by atoms with E-state index < -0.39 is 5.82 Å². The molecule has 2 heterocycles. The van der Waals surface area contributed by atoms with Crippen LogP contribution >= 0.6 is 0 Å². The highest BCUT2D eigenvalue weighted by molar-refractivity contribution is 5.93. The molecule has 1 aromatic heterocycles. The zero-order chi connectivity index (χ0) is 21.6. The van der Waals surface area contributed by atoms with Crippen LogP contribution < -0.4 is 5.32 Å². The molecule has 7 nitrogen and oxygen atoms in total. The Bertz CT molecular complexity index is 1130. The van der Waals surface area contributed by atoms with E-state index in [2.05, 4.69) is 15.3 Å². The lowest BCUT2D eigenvalue weighted by atomic mass is 10.2. The SMILES string of the molecule is O=C(CN1CCN(C(=O)C=Cc2cnc3ccccc3n2)CC1)Nc1cccc(F)c1. The average Bonchev–Trinajstić information content (AvgIpc) is 2.78. The molecule has 0 atom stereocenters. The molecule has 1 N–H and O–H groups in total. The van der Waals surface area contributed by atoms with Gasteiger partial charge >= 0.3 is 0 Å². The van der Waals surface area contributed by atoms with Gasteiger partial charge in [0, 0.05) is 37.9 Å². The van der Waals surface area contributed by atoms with Crippen LogP contribution in [0.4, 0.5) is 10.1 Å². The van der Waals surface area contributed by atoms with Crippen LogP contribution in [0.1, 0.15) is 5.69 Å². The molecule has 8 heteroatoms. The standard InChI is InChI=1S/C23H22FN5O2/c24-17-4-3-5-18(14-17)27-22(30)16-28-10-12-29(13-11-28)23(31)9-8-19-15-25-20-6-1-2-7-21(20)26-19/h1-9,14-15H,10-13,16H2,(H,27,30). The molecular weight excluding hydrogens is 397 g/mol. The molecule has 0 unspecified atom stereocenters. The second kappa shape index (κ2) is 9.44. The van der Waals surface area contributed by atoms with Crippen molar-refractivity contribution in [3.63, 3.8) is 0 Å². The zero-order valence-electron chi connectivity index (χ0n) is 16.9. The van der Waals surface area contributed by atoms with Gasteiger partial charge in [0.15, 0.2) is 0 Å². The van der Waals surface area contributed by atoms with Gasteiger partial charge in [0.2, 0.25) is 11.8 Å². The minimum Gasteiger partial charge on any atom is -0.337 e. The third-order valence-corrected chi connectivity index (χ3v) is 5.02. The first-order valence-electron chi connectivity index (χ1n) is 10.0. The van der Waals surface area contributed by atoms with Crippen molar-refractivity contribution in [2.75, 3.05) is 38.0 Å². The molecule has 2 amide bonds. The minimum absolute atomic E-state index is 0.0983. The van der Waals surface area contributed by atoms with Crippen LogP contribution in [0.5, 0.6) is 0 Å². The first-order chi connectivity index (χ1) is 15.1. The zero-order valence-corrected chi connectivity index (χ0v) is 16.9. The van der Waals surface area contributed by atoms with Crippen molar-refractivity contribution in [3.05, 3.63) is 72.3 Å². The number of amides is 2. The van der Waals surface area contributed by atoms with Gasteiger partial charge in [-0.25, -0.2) is 9.37 Å². The molecule has 31 heavy (non-hydrogen) atoms. The van der Waals surface area contributed by atoms with E-state index in [9.17, 15) is 14.0 Å². The van der Waals surface area contributed by atoms with Gasteiger partial charge < -0.3 is 10.2 Å². The van der Waals surface area contributed by atoms with E-state index in [1.54, 1.807) is 29.3 Å². The summed E-state index contributed by atoms with van der Waals surface area (Å²) in [5.41, 5.74) is 2.64. The number of benzene rings is 2. The Hall–Kier alpha value is -3.65. The maximum Gasteiger partial charge on any atom is 0.246 e. The van der Waals surface area contributed by atoms with Crippen molar-refractivity contribution in [2.24, 2.45) is 0 Å². The fourth-order valence-corrected chi connectivity index (χ4v) is 3.41. The Labute approximate surface area is 179 Å². The summed E-state index contributed by atoms with van der Waals surface area (Å²) in [6.45, 7) is 2.43. The summed E-state index contributed by atoms with van der Waals surface area (Å²) in [6.07, 6.45) is 4.81. The highest BCUT2D eigenvalue weighted by Crippen LogP contribution is 2.11. The van der Waals surface area contributed by atoms with Crippen LogP contribution in [0, 0.1) is 5.82 Å². The maximum absolute atomic E-state index is 13.2. The summed E-state index contributed by atoms with van der Waals surface area (Å²) in [6, 6.07) is 13.4. The lowest BCUT2D eigenvalue weighted by molar-refractivity contribution is -0.127. The number of hydrogen-bond donors (Lipinski definition) is 1. The largest absolute Gasteiger partial charge is 0.337 e. The Morgan fingerprint density at radius 2 is 1.81 bits per heavy atom. The molecule has 3 aromatic rings. The Balaban J connectivity index is 1.26. The summed E-state index contributed by atoms with van der Waals surface area (Å²) in [4.78, 5) is 37.2. The Morgan fingerprint density at radius 1 is 1.03 bits per heavy atom. The summed E-state index contributed by atoms with van der Waals surface area (Å²) in [5, 5.41) is 2.69. The average molecular weight is 419 g/mol. The fourth-order valence-electron chi connectivity index (χ4n) is 3.41. The van der Waals surface area contributed by atoms with Gasteiger partial charge in [0.25, 0.3) is 0 Å². The number of halogens is 1. The minimum atomic E-state index is -0.396. The number of anilines is 1. The first-order valence-corrected chi connectivity index (χ1v) is 10.0. The lowest BCUT2D eigenvalue weighted by Crippen LogP contribution is -2.50. The summed E-state index contributed by atoms with van der Waals surface area (Å²) < 4.78 is 13.2. The second-order valence-corrected chi connectivity index (χ2v) is 7.28. The smallest absolute Gasteiger partial charge is 0.246 e. The van der Waals surface area contributed by atoms with Crippen molar-refractivity contribution >= 4 is 34.6 Å². The van der Waals surface area contributed by atoms with Crippen LogP contribution in [0.3, 0.4) is 0 Å². The van der Waals surface area contributed by atoms with E-state index in [1.807, 2.05) is 29.2 Å². The third-order valence-electron chi connectivity index (χ3n) is 5.02. The Morgan fingerprint density at radius 3 is 2.58 bits per heavy atom. The molecule has 0 aliphatic carbocycles. The number of hydrogen-bond acceptors (Lipinski definition) is 5. The number of rotatable bonds is 5. The molecule has 1 aliphatic heterocycles. The summed E-state index contributed by atoms with van der Waals surface area (Å²) in [7, 11) is 0. The molecule has 1 aliphatic rings. The van der Waals surface area contributed by atoms with Crippen molar-refractivity contribution < 1.29 is 14.0 Å². The number of nitrogens with one attached hydrogen (secondary N) is 1. The van der Waals surface area contributed by atoms with Crippen molar-refractivity contribution in [1.82, 2.24) is 19.8 Å². The first kappa shape index (κ1) is 20.6. The second-order valence-electron chi connectivity index (χ2n) is 7.28.